The Morgan fingerprint density at radius 1 is 0.944 bits per heavy atom. The van der Waals surface area contributed by atoms with Crippen LogP contribution >= 0.6 is 23.4 Å². The van der Waals surface area contributed by atoms with Crippen LogP contribution < -0.4 is 0 Å². The SMILES string of the molecule is CC(=O)OC[C@H]1O[C@@H](Sc2nc(-c3ccc(Cl)cc3)nc(C)c2C(C)=O)[C@H](OC(C)=O)[C@@H]1OC(C)=O. The topological polar surface area (TPSA) is 131 Å². The molecule has 36 heavy (non-hydrogen) atoms. The number of thioether (sulfide) groups is 1. The molecule has 3 rings (SSSR count). The summed E-state index contributed by atoms with van der Waals surface area (Å²) in [5, 5.41) is 0.834. The van der Waals surface area contributed by atoms with Crippen molar-refractivity contribution in [2.24, 2.45) is 0 Å². The lowest BCUT2D eigenvalue weighted by Gasteiger charge is -2.23. The highest BCUT2D eigenvalue weighted by Crippen LogP contribution is 2.39. The van der Waals surface area contributed by atoms with E-state index in [1.807, 2.05) is 0 Å². The van der Waals surface area contributed by atoms with Gasteiger partial charge in [-0.2, -0.15) is 0 Å². The van der Waals surface area contributed by atoms with Gasteiger partial charge in [0.25, 0.3) is 0 Å². The maximum atomic E-state index is 12.5. The molecule has 2 heterocycles. The Labute approximate surface area is 217 Å². The predicted molar refractivity (Wildman–Crippen MR) is 129 cm³/mol. The summed E-state index contributed by atoms with van der Waals surface area (Å²) in [5.41, 5.74) is 0.452. The van der Waals surface area contributed by atoms with Crippen molar-refractivity contribution in [3.63, 3.8) is 0 Å². The number of Topliss-reactive ketones (excluding diaryl/α,β-unsaturated/α-hetero) is 1. The standard InChI is InChI=1S/C24H25ClN2O8S/c1-11-19(12(2)28)23(27-22(26-11)16-6-8-17(25)9-7-16)36-24-21(34-15(5)31)20(33-14(4)30)18(35-24)10-32-13(3)29/h6-9,18,20-21,24H,10H2,1-5H3/t18-,20-,21-,24+/m1/s1. The molecule has 0 amide bonds. The molecular formula is C24H25ClN2O8S. The van der Waals surface area contributed by atoms with Crippen LogP contribution in [0.15, 0.2) is 29.3 Å². The Bertz CT molecular complexity index is 1170. The van der Waals surface area contributed by atoms with Crippen molar-refractivity contribution < 1.29 is 38.1 Å². The summed E-state index contributed by atoms with van der Waals surface area (Å²) in [7, 11) is 0. The van der Waals surface area contributed by atoms with E-state index in [-0.39, 0.29) is 23.0 Å². The van der Waals surface area contributed by atoms with E-state index in [0.717, 1.165) is 11.8 Å². The van der Waals surface area contributed by atoms with Crippen LogP contribution in [-0.4, -0.2) is 64.0 Å². The van der Waals surface area contributed by atoms with E-state index in [1.54, 1.807) is 31.2 Å². The molecule has 1 aliphatic heterocycles. The summed E-state index contributed by atoms with van der Waals surface area (Å²) in [6, 6.07) is 6.89. The molecule has 12 heteroatoms. The molecule has 2 aromatic rings. The minimum absolute atomic E-state index is 0.236. The second-order valence-electron chi connectivity index (χ2n) is 7.99. The molecule has 10 nitrogen and oxygen atoms in total. The van der Waals surface area contributed by atoms with Crippen molar-refractivity contribution in [2.45, 2.75) is 63.4 Å². The summed E-state index contributed by atoms with van der Waals surface area (Å²) in [6.07, 6.45) is -3.03. The fourth-order valence-electron chi connectivity index (χ4n) is 3.65. The van der Waals surface area contributed by atoms with Crippen molar-refractivity contribution in [2.75, 3.05) is 6.61 Å². The van der Waals surface area contributed by atoms with Gasteiger partial charge in [0.15, 0.2) is 29.3 Å². The van der Waals surface area contributed by atoms with Crippen LogP contribution in [0.1, 0.15) is 43.7 Å². The van der Waals surface area contributed by atoms with E-state index in [4.69, 9.17) is 30.5 Å². The van der Waals surface area contributed by atoms with E-state index in [2.05, 4.69) is 9.97 Å². The van der Waals surface area contributed by atoms with Gasteiger partial charge in [0.05, 0.1) is 11.3 Å². The van der Waals surface area contributed by atoms with Crippen LogP contribution in [0.5, 0.6) is 0 Å². The number of hydrogen-bond donors (Lipinski definition) is 0. The zero-order valence-electron chi connectivity index (χ0n) is 20.3. The number of ether oxygens (including phenoxy) is 4. The van der Waals surface area contributed by atoms with Crippen molar-refractivity contribution in [3.05, 3.63) is 40.5 Å². The minimum atomic E-state index is -1.06. The quantitative estimate of drug-likeness (QED) is 0.212. The summed E-state index contributed by atoms with van der Waals surface area (Å²) < 4.78 is 21.9. The van der Waals surface area contributed by atoms with E-state index >= 15 is 0 Å². The van der Waals surface area contributed by atoms with Crippen LogP contribution in [-0.2, 0) is 33.3 Å². The highest BCUT2D eigenvalue weighted by molar-refractivity contribution is 7.99. The third-order valence-electron chi connectivity index (χ3n) is 5.06. The molecule has 1 aromatic heterocycles. The average Bonchev–Trinajstić information content (AvgIpc) is 3.07. The molecule has 0 radical (unpaired) electrons. The summed E-state index contributed by atoms with van der Waals surface area (Å²) in [6.45, 7) is 6.48. The molecule has 1 fully saturated rings. The second-order valence-corrected chi connectivity index (χ2v) is 9.51. The number of esters is 3. The highest BCUT2D eigenvalue weighted by atomic mass is 35.5. The Kier molecular flexibility index (Phi) is 9.04. The monoisotopic (exact) mass is 536 g/mol. The molecule has 0 bridgehead atoms. The maximum Gasteiger partial charge on any atom is 0.303 e. The Balaban J connectivity index is 2.03. The number of carbonyl (C=O) groups is 4. The molecule has 0 unspecified atom stereocenters. The van der Waals surface area contributed by atoms with E-state index in [9.17, 15) is 19.2 Å². The van der Waals surface area contributed by atoms with Crippen LogP contribution in [0.2, 0.25) is 5.02 Å². The van der Waals surface area contributed by atoms with Gasteiger partial charge in [-0.25, -0.2) is 9.97 Å². The molecule has 4 atom stereocenters. The zero-order chi connectivity index (χ0) is 26.6. The van der Waals surface area contributed by atoms with Crippen LogP contribution in [0, 0.1) is 6.92 Å². The maximum absolute atomic E-state index is 12.5. The molecular weight excluding hydrogens is 512 g/mol. The lowest BCUT2D eigenvalue weighted by Crippen LogP contribution is -2.40. The number of hydrogen-bond acceptors (Lipinski definition) is 11. The van der Waals surface area contributed by atoms with Crippen LogP contribution in [0.3, 0.4) is 0 Å². The first-order chi connectivity index (χ1) is 17.0. The molecule has 1 aromatic carbocycles. The first kappa shape index (κ1) is 27.6. The predicted octanol–water partition coefficient (Wildman–Crippen LogP) is 3.55. The number of nitrogens with zero attached hydrogens (tertiary/aromatic N) is 2. The fraction of sp³-hybridized carbons (Fsp3) is 0.417. The Morgan fingerprint density at radius 3 is 2.11 bits per heavy atom. The van der Waals surface area contributed by atoms with Crippen molar-refractivity contribution >= 4 is 47.1 Å². The molecule has 192 valence electrons. The summed E-state index contributed by atoms with van der Waals surface area (Å²) in [4.78, 5) is 56.6. The fourth-order valence-corrected chi connectivity index (χ4v) is 5.08. The Morgan fingerprint density at radius 2 is 1.56 bits per heavy atom. The van der Waals surface area contributed by atoms with Gasteiger partial charge in [-0.1, -0.05) is 23.4 Å². The van der Waals surface area contributed by atoms with Gasteiger partial charge < -0.3 is 18.9 Å². The first-order valence-corrected chi connectivity index (χ1v) is 12.2. The van der Waals surface area contributed by atoms with Gasteiger partial charge in [-0.3, -0.25) is 19.2 Å². The van der Waals surface area contributed by atoms with E-state index < -0.39 is 41.7 Å². The van der Waals surface area contributed by atoms with Crippen molar-refractivity contribution in [1.29, 1.82) is 0 Å². The average molecular weight is 537 g/mol. The molecule has 1 aliphatic rings. The second kappa shape index (κ2) is 11.8. The third kappa shape index (κ3) is 6.80. The smallest absolute Gasteiger partial charge is 0.303 e. The number of rotatable bonds is 8. The largest absolute Gasteiger partial charge is 0.463 e. The number of halogens is 1. The molecule has 0 N–H and O–H groups in total. The normalized spacial score (nSPS) is 21.1. The number of aromatic nitrogens is 2. The van der Waals surface area contributed by atoms with Crippen molar-refractivity contribution in [1.82, 2.24) is 9.97 Å². The van der Waals surface area contributed by atoms with E-state index in [1.165, 1.54) is 27.7 Å². The van der Waals surface area contributed by atoms with Crippen LogP contribution in [0.25, 0.3) is 11.4 Å². The van der Waals surface area contributed by atoms with Crippen molar-refractivity contribution in [3.8, 4) is 11.4 Å². The van der Waals surface area contributed by atoms with E-state index in [0.29, 0.717) is 22.1 Å². The lowest BCUT2D eigenvalue weighted by molar-refractivity contribution is -0.165. The molecule has 0 aliphatic carbocycles. The Hall–Kier alpha value is -3.02. The zero-order valence-corrected chi connectivity index (χ0v) is 21.8. The van der Waals surface area contributed by atoms with Gasteiger partial charge in [0, 0.05) is 31.4 Å². The van der Waals surface area contributed by atoms with Gasteiger partial charge in [-0.05, 0) is 38.1 Å². The lowest BCUT2D eigenvalue weighted by atomic mass is 10.1. The summed E-state index contributed by atoms with van der Waals surface area (Å²) >= 11 is 7.02. The number of benzene rings is 1. The minimum Gasteiger partial charge on any atom is -0.463 e. The van der Waals surface area contributed by atoms with Gasteiger partial charge in [-0.15, -0.1) is 0 Å². The van der Waals surface area contributed by atoms with Gasteiger partial charge >= 0.3 is 17.9 Å². The first-order valence-electron chi connectivity index (χ1n) is 10.9. The number of aryl methyl sites for hydroxylation is 1. The van der Waals surface area contributed by atoms with Gasteiger partial charge in [0.2, 0.25) is 0 Å². The summed E-state index contributed by atoms with van der Waals surface area (Å²) in [5.74, 6) is -1.74. The molecule has 0 saturated carbocycles. The molecule has 0 spiro atoms. The number of ketones is 1. The highest BCUT2D eigenvalue weighted by Gasteiger charge is 2.50. The third-order valence-corrected chi connectivity index (χ3v) is 6.44. The molecule has 1 saturated heterocycles. The number of carbonyl (C=O) groups excluding carboxylic acids is 4. The van der Waals surface area contributed by atoms with Crippen LogP contribution in [0.4, 0.5) is 0 Å². The van der Waals surface area contributed by atoms with Gasteiger partial charge in [0.1, 0.15) is 17.7 Å².